The van der Waals surface area contributed by atoms with Gasteiger partial charge in [-0.25, -0.2) is 14.2 Å². The average molecular weight is 380 g/mol. The van der Waals surface area contributed by atoms with E-state index in [0.29, 0.717) is 28.5 Å². The Kier molecular flexibility index (Phi) is 4.84. The van der Waals surface area contributed by atoms with E-state index in [-0.39, 0.29) is 0 Å². The summed E-state index contributed by atoms with van der Waals surface area (Å²) in [5.74, 6) is 0.386. The van der Waals surface area contributed by atoms with E-state index in [2.05, 4.69) is 15.1 Å². The smallest absolute Gasteiger partial charge is 0.362 e. The number of alkyl halides is 1. The molecule has 0 aliphatic heterocycles. The van der Waals surface area contributed by atoms with Gasteiger partial charge < -0.3 is 9.26 Å². The van der Waals surface area contributed by atoms with Crippen LogP contribution in [0.4, 0.5) is 4.39 Å². The van der Waals surface area contributed by atoms with Crippen molar-refractivity contribution in [2.24, 2.45) is 0 Å². The highest BCUT2D eigenvalue weighted by Crippen LogP contribution is 2.26. The summed E-state index contributed by atoms with van der Waals surface area (Å²) in [6.07, 6.45) is 5.73. The van der Waals surface area contributed by atoms with Gasteiger partial charge in [0.05, 0.1) is 6.20 Å². The molecule has 0 amide bonds. The molecule has 0 spiro atoms. The Labute approximate surface area is 159 Å². The number of carbonyl (C=O) groups is 1. The summed E-state index contributed by atoms with van der Waals surface area (Å²) in [5, 5.41) is 3.79. The van der Waals surface area contributed by atoms with Crippen molar-refractivity contribution in [3.05, 3.63) is 66.4 Å². The average Bonchev–Trinajstić information content (AvgIpc) is 3.16. The van der Waals surface area contributed by atoms with E-state index in [4.69, 9.17) is 9.26 Å². The molecule has 3 heterocycles. The minimum Gasteiger partial charge on any atom is -0.422 e. The van der Waals surface area contributed by atoms with Gasteiger partial charge in [-0.2, -0.15) is 4.98 Å². The zero-order valence-electron chi connectivity index (χ0n) is 15.1. The van der Waals surface area contributed by atoms with E-state index in [1.54, 1.807) is 16.7 Å². The zero-order valence-corrected chi connectivity index (χ0v) is 15.1. The minimum atomic E-state index is -0.484. The number of halogens is 1. The van der Waals surface area contributed by atoms with E-state index in [0.717, 1.165) is 18.4 Å². The fourth-order valence-electron chi connectivity index (χ4n) is 2.45. The number of nitrogens with zero attached hydrogens (tertiary/aromatic N) is 4. The molecule has 28 heavy (non-hydrogen) atoms. The Morgan fingerprint density at radius 1 is 1.25 bits per heavy atom. The first kappa shape index (κ1) is 17.8. The lowest BCUT2D eigenvalue weighted by atomic mass is 10.1. The molecule has 3 aromatic heterocycles. The second-order valence-electron chi connectivity index (χ2n) is 6.37. The summed E-state index contributed by atoms with van der Waals surface area (Å²) < 4.78 is 23.1. The van der Waals surface area contributed by atoms with Crippen molar-refractivity contribution in [3.8, 4) is 17.1 Å². The molecule has 0 radical (unpaired) electrons. The van der Waals surface area contributed by atoms with Crippen LogP contribution >= 0.6 is 0 Å². The molecule has 5 rings (SSSR count). The van der Waals surface area contributed by atoms with Crippen LogP contribution in [0.1, 0.15) is 28.9 Å². The molecule has 0 bridgehead atoms. The number of ether oxygens (including phenoxy) is 1. The first-order valence-electron chi connectivity index (χ1n) is 8.77. The fraction of sp³-hybridized carbons (Fsp3) is 0.200. The molecule has 1 aromatic carbocycles. The number of fused-ring (bicyclic) bond motifs is 1. The first-order chi connectivity index (χ1) is 13.6. The molecule has 8 heteroatoms. The molecule has 1 aliphatic rings. The number of rotatable bonds is 3. The molecule has 0 unspecified atom stereocenters. The Morgan fingerprint density at radius 2 is 2.07 bits per heavy atom. The Morgan fingerprint density at radius 3 is 2.79 bits per heavy atom. The van der Waals surface area contributed by atoms with E-state index >= 15 is 0 Å². The zero-order chi connectivity index (χ0) is 19.5. The first-order valence-corrected chi connectivity index (χ1v) is 8.77. The normalized spacial score (nSPS) is 13.1. The van der Waals surface area contributed by atoms with E-state index in [1.807, 2.05) is 37.3 Å². The maximum atomic E-state index is 12.5. The van der Waals surface area contributed by atoms with Crippen LogP contribution in [0, 0.1) is 6.92 Å². The van der Waals surface area contributed by atoms with Gasteiger partial charge in [0.1, 0.15) is 17.6 Å². The number of benzene rings is 1. The molecule has 1 aliphatic carbocycles. The van der Waals surface area contributed by atoms with Crippen molar-refractivity contribution < 1.29 is 18.4 Å². The lowest BCUT2D eigenvalue weighted by Crippen LogP contribution is -2.12. The predicted molar refractivity (Wildman–Crippen MR) is 98.8 cm³/mol. The van der Waals surface area contributed by atoms with Crippen LogP contribution in [0.15, 0.2) is 59.7 Å². The van der Waals surface area contributed by atoms with Gasteiger partial charge in [-0.3, -0.25) is 4.40 Å². The van der Waals surface area contributed by atoms with Crippen LogP contribution in [0.5, 0.6) is 5.75 Å². The SMILES string of the molecule is Cc1ccc(-c2ncon2)cc1OC(=O)c1cnc2ccccn12.FC1CC1. The van der Waals surface area contributed by atoms with E-state index in [1.165, 1.54) is 12.6 Å². The molecular weight excluding hydrogens is 363 g/mol. The van der Waals surface area contributed by atoms with Gasteiger partial charge in [0.25, 0.3) is 0 Å². The van der Waals surface area contributed by atoms with Crippen molar-refractivity contribution in [1.29, 1.82) is 0 Å². The van der Waals surface area contributed by atoms with Gasteiger partial charge in [0.15, 0.2) is 5.69 Å². The number of pyridine rings is 1. The van der Waals surface area contributed by atoms with Gasteiger partial charge in [-0.05, 0) is 43.5 Å². The van der Waals surface area contributed by atoms with Crippen LogP contribution in [-0.2, 0) is 0 Å². The maximum Gasteiger partial charge on any atom is 0.362 e. The monoisotopic (exact) mass is 380 g/mol. The van der Waals surface area contributed by atoms with Crippen molar-refractivity contribution in [3.63, 3.8) is 0 Å². The predicted octanol–water partition coefficient (Wildman–Crippen LogP) is 4.03. The summed E-state index contributed by atoms with van der Waals surface area (Å²) in [7, 11) is 0. The third-order valence-corrected chi connectivity index (χ3v) is 4.14. The number of hydrogen-bond acceptors (Lipinski definition) is 6. The van der Waals surface area contributed by atoms with Crippen molar-refractivity contribution in [1.82, 2.24) is 19.5 Å². The second-order valence-corrected chi connectivity index (χ2v) is 6.37. The molecule has 1 fully saturated rings. The largest absolute Gasteiger partial charge is 0.422 e. The maximum absolute atomic E-state index is 12.5. The summed E-state index contributed by atoms with van der Waals surface area (Å²) in [5.41, 5.74) is 2.57. The quantitative estimate of drug-likeness (QED) is 0.394. The lowest BCUT2D eigenvalue weighted by Gasteiger charge is -2.08. The Balaban J connectivity index is 0.000000429. The molecule has 0 saturated heterocycles. The molecule has 7 nitrogen and oxygen atoms in total. The minimum absolute atomic E-state index is 0.356. The van der Waals surface area contributed by atoms with Crippen LogP contribution in [0.25, 0.3) is 17.0 Å². The molecular formula is C20H17FN4O3. The summed E-state index contributed by atoms with van der Waals surface area (Å²) in [4.78, 5) is 20.7. The Hall–Kier alpha value is -3.55. The number of imidazole rings is 1. The highest BCUT2D eigenvalue weighted by Gasteiger charge is 2.18. The second kappa shape index (κ2) is 7.59. The molecule has 4 aromatic rings. The number of hydrogen-bond donors (Lipinski definition) is 0. The van der Waals surface area contributed by atoms with Crippen LogP contribution in [0.2, 0.25) is 0 Å². The fourth-order valence-corrected chi connectivity index (χ4v) is 2.45. The number of esters is 1. The van der Waals surface area contributed by atoms with Gasteiger partial charge in [-0.15, -0.1) is 0 Å². The summed E-state index contributed by atoms with van der Waals surface area (Å²) in [6, 6.07) is 10.9. The van der Waals surface area contributed by atoms with Gasteiger partial charge in [0, 0.05) is 11.8 Å². The highest BCUT2D eigenvalue weighted by molar-refractivity contribution is 5.90. The third kappa shape index (κ3) is 3.90. The number of carbonyl (C=O) groups excluding carboxylic acids is 1. The third-order valence-electron chi connectivity index (χ3n) is 4.14. The summed E-state index contributed by atoms with van der Waals surface area (Å²) in [6.45, 7) is 1.86. The lowest BCUT2D eigenvalue weighted by molar-refractivity contribution is 0.0726. The van der Waals surface area contributed by atoms with Gasteiger partial charge >= 0.3 is 5.97 Å². The van der Waals surface area contributed by atoms with Crippen LogP contribution in [0.3, 0.4) is 0 Å². The topological polar surface area (TPSA) is 82.5 Å². The number of aryl methyl sites for hydroxylation is 1. The van der Waals surface area contributed by atoms with Crippen LogP contribution in [-0.4, -0.2) is 31.7 Å². The van der Waals surface area contributed by atoms with Gasteiger partial charge in [-0.1, -0.05) is 23.4 Å². The Bertz CT molecular complexity index is 1100. The molecule has 142 valence electrons. The van der Waals surface area contributed by atoms with Gasteiger partial charge in [0.2, 0.25) is 12.2 Å². The van der Waals surface area contributed by atoms with E-state index in [9.17, 15) is 9.18 Å². The van der Waals surface area contributed by atoms with Crippen LogP contribution < -0.4 is 4.74 Å². The standard InChI is InChI=1S/C17H12N4O3.C3H5F/c1-11-5-6-12(16-19-10-23-20-16)8-14(11)24-17(22)13-9-18-15-4-2-3-7-21(13)15;4-3-1-2-3/h2-10H,1H3;3H,1-2H2. The molecule has 0 N–H and O–H groups in total. The number of aromatic nitrogens is 4. The van der Waals surface area contributed by atoms with E-state index < -0.39 is 12.1 Å². The molecule has 0 atom stereocenters. The van der Waals surface area contributed by atoms with Crippen molar-refractivity contribution in [2.75, 3.05) is 0 Å². The summed E-state index contributed by atoms with van der Waals surface area (Å²) >= 11 is 0. The highest BCUT2D eigenvalue weighted by atomic mass is 19.1. The van der Waals surface area contributed by atoms with Crippen molar-refractivity contribution >= 4 is 11.6 Å². The van der Waals surface area contributed by atoms with Crippen molar-refractivity contribution in [2.45, 2.75) is 25.9 Å². The molecule has 1 saturated carbocycles.